The van der Waals surface area contributed by atoms with Gasteiger partial charge in [-0.2, -0.15) is 5.26 Å². The van der Waals surface area contributed by atoms with E-state index in [0.717, 1.165) is 4.90 Å². The Morgan fingerprint density at radius 3 is 2.62 bits per heavy atom. The van der Waals surface area contributed by atoms with Crippen molar-refractivity contribution in [2.24, 2.45) is 0 Å². The lowest BCUT2D eigenvalue weighted by molar-refractivity contribution is 0.194. The van der Waals surface area contributed by atoms with Crippen molar-refractivity contribution >= 4 is 44.4 Å². The number of amides is 1. The molecule has 0 saturated heterocycles. The summed E-state index contributed by atoms with van der Waals surface area (Å²) in [5.74, 6) is 0.121. The summed E-state index contributed by atoms with van der Waals surface area (Å²) in [6, 6.07) is 7.48. The Labute approximate surface area is 225 Å². The molecule has 5 rings (SSSR count). The molecule has 0 aliphatic carbocycles. The number of aromatic nitrogens is 5. The summed E-state index contributed by atoms with van der Waals surface area (Å²) < 4.78 is 26.5. The molecule has 0 saturated carbocycles. The van der Waals surface area contributed by atoms with Crippen LogP contribution in [0, 0.1) is 24.1 Å². The fourth-order valence-corrected chi connectivity index (χ4v) is 4.93. The molecule has 2 aromatic carbocycles. The Balaban J connectivity index is 1.45. The highest BCUT2D eigenvalue weighted by molar-refractivity contribution is 7.21. The third-order valence-electron chi connectivity index (χ3n) is 5.81. The van der Waals surface area contributed by atoms with E-state index >= 15 is 0 Å². The second-order valence-corrected chi connectivity index (χ2v) is 9.52. The van der Waals surface area contributed by atoms with Gasteiger partial charge >= 0.3 is 6.09 Å². The molecule has 0 aliphatic heterocycles. The lowest BCUT2D eigenvalue weighted by atomic mass is 10.1. The van der Waals surface area contributed by atoms with Crippen LogP contribution < -0.4 is 14.4 Å². The van der Waals surface area contributed by atoms with Gasteiger partial charge in [-0.15, -0.1) is 11.3 Å². The average molecular weight is 546 g/mol. The summed E-state index contributed by atoms with van der Waals surface area (Å²) in [6.07, 6.45) is 3.07. The van der Waals surface area contributed by atoms with Crippen molar-refractivity contribution < 1.29 is 23.8 Å². The van der Waals surface area contributed by atoms with Gasteiger partial charge in [-0.3, -0.25) is 4.90 Å². The molecule has 0 fully saturated rings. The maximum atomic E-state index is 15.0. The van der Waals surface area contributed by atoms with Gasteiger partial charge < -0.3 is 14.6 Å². The monoisotopic (exact) mass is 545 g/mol. The van der Waals surface area contributed by atoms with E-state index < -0.39 is 18.0 Å². The number of aryl methyl sites for hydroxylation is 1. The largest absolute Gasteiger partial charge is 0.488 e. The predicted molar refractivity (Wildman–Crippen MR) is 142 cm³/mol. The normalized spacial score (nSPS) is 11.8. The van der Waals surface area contributed by atoms with Crippen molar-refractivity contribution in [2.45, 2.75) is 19.9 Å². The number of hydrogen-bond donors (Lipinski definition) is 1. The fourth-order valence-electron chi connectivity index (χ4n) is 3.94. The van der Waals surface area contributed by atoms with Crippen LogP contribution in [-0.4, -0.2) is 55.9 Å². The van der Waals surface area contributed by atoms with Crippen LogP contribution in [0.15, 0.2) is 42.9 Å². The van der Waals surface area contributed by atoms with Gasteiger partial charge in [0.2, 0.25) is 5.88 Å². The maximum Gasteiger partial charge on any atom is 0.412 e. The zero-order chi connectivity index (χ0) is 27.7. The number of anilines is 1. The van der Waals surface area contributed by atoms with Crippen molar-refractivity contribution in [1.82, 2.24) is 24.9 Å². The van der Waals surface area contributed by atoms with E-state index in [1.807, 2.05) is 0 Å². The van der Waals surface area contributed by atoms with E-state index in [1.165, 1.54) is 49.2 Å². The first-order valence-electron chi connectivity index (χ1n) is 11.6. The van der Waals surface area contributed by atoms with E-state index in [2.05, 4.69) is 31.0 Å². The number of thiazole rings is 1. The van der Waals surface area contributed by atoms with Crippen molar-refractivity contribution in [3.8, 4) is 28.3 Å². The minimum Gasteiger partial charge on any atom is -0.488 e. The standard InChI is InChI=1S/C26H20FN7O4S/c1-13(34(26(35)36)16-9-29-14(2)30-10-16)12-38-21-7-22-19(6-18(21)27)33-25(39-22)17-4-15(8-28)5-20-24(17)31-11-23(32-20)37-3/h4-7,9-11,13H,12H2,1-3H3,(H,35,36). The van der Waals surface area contributed by atoms with Gasteiger partial charge in [-0.1, -0.05) is 0 Å². The smallest absolute Gasteiger partial charge is 0.412 e. The number of carbonyl (C=O) groups is 1. The van der Waals surface area contributed by atoms with Crippen LogP contribution in [0.1, 0.15) is 18.3 Å². The molecular formula is C26H20FN7O4S. The Hall–Kier alpha value is -4.96. The summed E-state index contributed by atoms with van der Waals surface area (Å²) in [7, 11) is 1.48. The number of rotatable bonds is 7. The van der Waals surface area contributed by atoms with Gasteiger partial charge in [0.15, 0.2) is 11.6 Å². The quantitative estimate of drug-likeness (QED) is 0.297. The highest BCUT2D eigenvalue weighted by atomic mass is 32.1. The van der Waals surface area contributed by atoms with Gasteiger partial charge in [0.05, 0.1) is 70.3 Å². The zero-order valence-electron chi connectivity index (χ0n) is 20.9. The number of nitriles is 1. The summed E-state index contributed by atoms with van der Waals surface area (Å²) in [4.78, 5) is 34.4. The molecule has 1 atom stereocenters. The van der Waals surface area contributed by atoms with Crippen molar-refractivity contribution in [3.05, 3.63) is 60.1 Å². The first-order valence-corrected chi connectivity index (χ1v) is 12.4. The summed E-state index contributed by atoms with van der Waals surface area (Å²) >= 11 is 1.27. The summed E-state index contributed by atoms with van der Waals surface area (Å²) in [6.45, 7) is 3.21. The molecule has 0 bridgehead atoms. The van der Waals surface area contributed by atoms with E-state index in [0.29, 0.717) is 49.1 Å². The highest BCUT2D eigenvalue weighted by Crippen LogP contribution is 2.37. The number of methoxy groups -OCH3 is 1. The van der Waals surface area contributed by atoms with Crippen LogP contribution in [-0.2, 0) is 0 Å². The number of carboxylic acid groups (broad SMARTS) is 1. The molecule has 11 nitrogen and oxygen atoms in total. The van der Waals surface area contributed by atoms with Crippen LogP contribution in [0.4, 0.5) is 14.9 Å². The molecule has 13 heteroatoms. The lowest BCUT2D eigenvalue weighted by Crippen LogP contribution is -2.41. The number of ether oxygens (including phenoxy) is 2. The molecule has 0 radical (unpaired) electrons. The van der Waals surface area contributed by atoms with Crippen LogP contribution in [0.2, 0.25) is 0 Å². The van der Waals surface area contributed by atoms with Crippen molar-refractivity contribution in [1.29, 1.82) is 5.26 Å². The molecule has 5 aromatic rings. The number of nitrogens with zero attached hydrogens (tertiary/aromatic N) is 7. The molecule has 39 heavy (non-hydrogen) atoms. The second kappa shape index (κ2) is 10.4. The van der Waals surface area contributed by atoms with Crippen LogP contribution in [0.5, 0.6) is 11.6 Å². The predicted octanol–water partition coefficient (Wildman–Crippen LogP) is 4.98. The Morgan fingerprint density at radius 1 is 1.15 bits per heavy atom. The molecule has 0 aliphatic rings. The molecular weight excluding hydrogens is 525 g/mol. The van der Waals surface area contributed by atoms with E-state index in [-0.39, 0.29) is 18.0 Å². The summed E-state index contributed by atoms with van der Waals surface area (Å²) in [5, 5.41) is 19.7. The van der Waals surface area contributed by atoms with Crippen LogP contribution in [0.25, 0.3) is 31.8 Å². The number of benzene rings is 2. The number of fused-ring (bicyclic) bond motifs is 2. The number of hydrogen-bond acceptors (Lipinski definition) is 10. The molecule has 3 aromatic heterocycles. The molecule has 1 N–H and O–H groups in total. The third kappa shape index (κ3) is 5.10. The van der Waals surface area contributed by atoms with E-state index in [1.54, 1.807) is 26.0 Å². The Kier molecular flexibility index (Phi) is 6.86. The molecule has 0 spiro atoms. The first-order chi connectivity index (χ1) is 18.8. The van der Waals surface area contributed by atoms with Gasteiger partial charge in [0, 0.05) is 17.7 Å². The van der Waals surface area contributed by atoms with Gasteiger partial charge in [-0.25, -0.2) is 34.1 Å². The fraction of sp³-hybridized carbons (Fsp3) is 0.192. The Bertz CT molecular complexity index is 1750. The van der Waals surface area contributed by atoms with E-state index in [4.69, 9.17) is 9.47 Å². The SMILES string of the molecule is COc1cnc2c(-c3nc4cc(F)c(OCC(C)N(C(=O)O)c5cnc(C)nc5)cc4s3)cc(C#N)cc2n1. The van der Waals surface area contributed by atoms with Crippen LogP contribution >= 0.6 is 11.3 Å². The molecule has 1 amide bonds. The summed E-state index contributed by atoms with van der Waals surface area (Å²) in [5.41, 5.74) is 2.61. The topological polar surface area (TPSA) is 147 Å². The Morgan fingerprint density at radius 2 is 1.92 bits per heavy atom. The van der Waals surface area contributed by atoms with Gasteiger partial charge in [0.1, 0.15) is 17.4 Å². The maximum absolute atomic E-state index is 15.0. The third-order valence-corrected chi connectivity index (χ3v) is 6.86. The highest BCUT2D eigenvalue weighted by Gasteiger charge is 2.24. The molecule has 1 unspecified atom stereocenters. The van der Waals surface area contributed by atoms with Gasteiger partial charge in [0.25, 0.3) is 0 Å². The minimum absolute atomic E-state index is 0.0461. The molecule has 3 heterocycles. The van der Waals surface area contributed by atoms with Crippen LogP contribution in [0.3, 0.4) is 0 Å². The first kappa shape index (κ1) is 25.7. The van der Waals surface area contributed by atoms with E-state index in [9.17, 15) is 19.6 Å². The van der Waals surface area contributed by atoms with Crippen molar-refractivity contribution in [2.75, 3.05) is 18.6 Å². The average Bonchev–Trinajstić information content (AvgIpc) is 3.34. The van der Waals surface area contributed by atoms with Crippen molar-refractivity contribution in [3.63, 3.8) is 0 Å². The lowest BCUT2D eigenvalue weighted by Gasteiger charge is -2.26. The minimum atomic E-state index is -1.21. The second-order valence-electron chi connectivity index (χ2n) is 8.49. The zero-order valence-corrected chi connectivity index (χ0v) is 21.7. The number of halogens is 1. The molecule has 196 valence electrons. The van der Waals surface area contributed by atoms with Gasteiger partial charge in [-0.05, 0) is 26.0 Å².